The van der Waals surface area contributed by atoms with E-state index in [1.54, 1.807) is 19.9 Å². The van der Waals surface area contributed by atoms with Crippen LogP contribution in [0.5, 0.6) is 0 Å². The molecule has 0 aromatic heterocycles. The molecule has 1 rings (SSSR count). The van der Waals surface area contributed by atoms with Crippen molar-refractivity contribution in [3.8, 4) is 0 Å². The Morgan fingerprint density at radius 3 is 2.63 bits per heavy atom. The van der Waals surface area contributed by atoms with Gasteiger partial charge < -0.3 is 4.74 Å². The molecule has 5 heteroatoms. The van der Waals surface area contributed by atoms with Crippen molar-refractivity contribution in [3.63, 3.8) is 0 Å². The molecule has 1 aromatic rings. The zero-order chi connectivity index (χ0) is 14.5. The maximum Gasteiger partial charge on any atom is 0.307 e. The third-order valence-electron chi connectivity index (χ3n) is 2.82. The summed E-state index contributed by atoms with van der Waals surface area (Å²) in [6.07, 6.45) is -0.0952. The van der Waals surface area contributed by atoms with Gasteiger partial charge in [-0.25, -0.2) is 8.42 Å². The van der Waals surface area contributed by atoms with Crippen LogP contribution in [0.3, 0.4) is 0 Å². The van der Waals surface area contributed by atoms with Crippen LogP contribution in [0.25, 0.3) is 0 Å². The predicted molar refractivity (Wildman–Crippen MR) is 74.5 cm³/mol. The van der Waals surface area contributed by atoms with E-state index in [4.69, 9.17) is 4.74 Å². The molecule has 0 bridgehead atoms. The average Bonchev–Trinajstić information content (AvgIpc) is 2.28. The third-order valence-corrected chi connectivity index (χ3v) is 4.95. The Bertz CT molecular complexity index is 534. The SMILES string of the molecule is CCOC(=O)CC(C)S(=O)(=O)Cc1cccc(C)c1. The summed E-state index contributed by atoms with van der Waals surface area (Å²) < 4.78 is 29.1. The zero-order valence-electron chi connectivity index (χ0n) is 11.5. The molecule has 19 heavy (non-hydrogen) atoms. The van der Waals surface area contributed by atoms with Gasteiger partial charge in [0, 0.05) is 0 Å². The number of ether oxygens (including phenoxy) is 1. The summed E-state index contributed by atoms with van der Waals surface area (Å²) in [5.41, 5.74) is 1.77. The van der Waals surface area contributed by atoms with Gasteiger partial charge in [-0.3, -0.25) is 4.79 Å². The number of carbonyl (C=O) groups is 1. The second-order valence-electron chi connectivity index (χ2n) is 4.62. The summed E-state index contributed by atoms with van der Waals surface area (Å²) >= 11 is 0. The van der Waals surface area contributed by atoms with Gasteiger partial charge in [0.1, 0.15) is 0 Å². The average molecular weight is 284 g/mol. The Morgan fingerprint density at radius 1 is 1.37 bits per heavy atom. The van der Waals surface area contributed by atoms with Crippen molar-refractivity contribution in [1.82, 2.24) is 0 Å². The largest absolute Gasteiger partial charge is 0.466 e. The lowest BCUT2D eigenvalue weighted by Gasteiger charge is -2.12. The molecule has 0 radical (unpaired) electrons. The molecule has 1 aromatic carbocycles. The summed E-state index contributed by atoms with van der Waals surface area (Å²) in [7, 11) is -3.34. The first-order chi connectivity index (χ1) is 8.85. The number of sulfone groups is 1. The van der Waals surface area contributed by atoms with E-state index in [1.165, 1.54) is 0 Å². The molecule has 0 spiro atoms. The lowest BCUT2D eigenvalue weighted by atomic mass is 10.2. The molecule has 0 heterocycles. The number of rotatable bonds is 6. The number of aryl methyl sites for hydroxylation is 1. The van der Waals surface area contributed by atoms with Crippen LogP contribution in [0.1, 0.15) is 31.4 Å². The van der Waals surface area contributed by atoms with Gasteiger partial charge in [0.25, 0.3) is 0 Å². The summed E-state index contributed by atoms with van der Waals surface area (Å²) in [5, 5.41) is -0.730. The van der Waals surface area contributed by atoms with Crippen LogP contribution in [0.4, 0.5) is 0 Å². The maximum absolute atomic E-state index is 12.1. The molecule has 0 aliphatic carbocycles. The highest BCUT2D eigenvalue weighted by molar-refractivity contribution is 7.91. The van der Waals surface area contributed by atoms with Gasteiger partial charge in [-0.05, 0) is 26.3 Å². The molecule has 0 aliphatic rings. The molecule has 0 fully saturated rings. The summed E-state index contributed by atoms with van der Waals surface area (Å²) in [6, 6.07) is 7.37. The lowest BCUT2D eigenvalue weighted by molar-refractivity contribution is -0.143. The number of hydrogen-bond acceptors (Lipinski definition) is 4. The first kappa shape index (κ1) is 15.7. The van der Waals surface area contributed by atoms with E-state index in [-0.39, 0.29) is 18.8 Å². The van der Waals surface area contributed by atoms with Crippen LogP contribution >= 0.6 is 0 Å². The van der Waals surface area contributed by atoms with Gasteiger partial charge in [-0.1, -0.05) is 29.8 Å². The molecule has 0 saturated heterocycles. The van der Waals surface area contributed by atoms with Crippen molar-refractivity contribution in [2.45, 2.75) is 38.2 Å². The van der Waals surface area contributed by atoms with Crippen LogP contribution in [-0.4, -0.2) is 26.2 Å². The number of esters is 1. The molecule has 0 N–H and O–H groups in total. The Labute approximate surface area is 114 Å². The van der Waals surface area contributed by atoms with Crippen LogP contribution in [-0.2, 0) is 25.1 Å². The fourth-order valence-corrected chi connectivity index (χ4v) is 3.08. The molecular weight excluding hydrogens is 264 g/mol. The van der Waals surface area contributed by atoms with E-state index in [9.17, 15) is 13.2 Å². The molecule has 1 atom stereocenters. The fraction of sp³-hybridized carbons (Fsp3) is 0.500. The monoisotopic (exact) mass is 284 g/mol. The Morgan fingerprint density at radius 2 is 2.05 bits per heavy atom. The highest BCUT2D eigenvalue weighted by Crippen LogP contribution is 2.15. The van der Waals surface area contributed by atoms with Gasteiger partial charge in [-0.15, -0.1) is 0 Å². The Hall–Kier alpha value is -1.36. The standard InChI is InChI=1S/C14H20O4S/c1-4-18-14(15)9-12(3)19(16,17)10-13-7-5-6-11(2)8-13/h5-8,12H,4,9-10H2,1-3H3. The molecule has 0 saturated carbocycles. The van der Waals surface area contributed by atoms with Crippen molar-refractivity contribution >= 4 is 15.8 Å². The Balaban J connectivity index is 2.72. The molecule has 0 aliphatic heterocycles. The van der Waals surface area contributed by atoms with Crippen molar-refractivity contribution in [1.29, 1.82) is 0 Å². The topological polar surface area (TPSA) is 60.4 Å². The number of benzene rings is 1. The molecule has 0 amide bonds. The van der Waals surface area contributed by atoms with E-state index >= 15 is 0 Å². The van der Waals surface area contributed by atoms with E-state index in [0.717, 1.165) is 11.1 Å². The van der Waals surface area contributed by atoms with Gasteiger partial charge in [0.2, 0.25) is 0 Å². The van der Waals surface area contributed by atoms with Crippen molar-refractivity contribution in [3.05, 3.63) is 35.4 Å². The second kappa shape index (κ2) is 6.70. The first-order valence-electron chi connectivity index (χ1n) is 6.28. The number of carbonyl (C=O) groups excluding carboxylic acids is 1. The normalized spacial score (nSPS) is 13.0. The van der Waals surface area contributed by atoms with Crippen molar-refractivity contribution in [2.75, 3.05) is 6.61 Å². The first-order valence-corrected chi connectivity index (χ1v) is 7.99. The smallest absolute Gasteiger partial charge is 0.307 e. The minimum atomic E-state index is -3.34. The van der Waals surface area contributed by atoms with E-state index in [0.29, 0.717) is 0 Å². The molecule has 4 nitrogen and oxygen atoms in total. The quantitative estimate of drug-likeness (QED) is 0.752. The number of hydrogen-bond donors (Lipinski definition) is 0. The highest BCUT2D eigenvalue weighted by atomic mass is 32.2. The van der Waals surface area contributed by atoms with Crippen LogP contribution < -0.4 is 0 Å². The van der Waals surface area contributed by atoms with E-state index in [1.807, 2.05) is 25.1 Å². The van der Waals surface area contributed by atoms with E-state index in [2.05, 4.69) is 0 Å². The Kier molecular flexibility index (Phi) is 5.54. The summed E-state index contributed by atoms with van der Waals surface area (Å²) in [4.78, 5) is 11.3. The fourth-order valence-electron chi connectivity index (χ4n) is 1.76. The van der Waals surface area contributed by atoms with Gasteiger partial charge in [0.05, 0.1) is 24.0 Å². The third kappa shape index (κ3) is 5.03. The molecular formula is C14H20O4S. The van der Waals surface area contributed by atoms with E-state index < -0.39 is 21.1 Å². The van der Waals surface area contributed by atoms with Gasteiger partial charge in [0.15, 0.2) is 9.84 Å². The molecule has 1 unspecified atom stereocenters. The van der Waals surface area contributed by atoms with Gasteiger partial charge >= 0.3 is 5.97 Å². The van der Waals surface area contributed by atoms with Crippen LogP contribution in [0.15, 0.2) is 24.3 Å². The van der Waals surface area contributed by atoms with Gasteiger partial charge in [-0.2, -0.15) is 0 Å². The summed E-state index contributed by atoms with van der Waals surface area (Å²) in [6.45, 7) is 5.42. The highest BCUT2D eigenvalue weighted by Gasteiger charge is 2.24. The van der Waals surface area contributed by atoms with Crippen LogP contribution in [0.2, 0.25) is 0 Å². The minimum absolute atomic E-state index is 0.0464. The molecule has 106 valence electrons. The minimum Gasteiger partial charge on any atom is -0.466 e. The summed E-state index contributed by atoms with van der Waals surface area (Å²) in [5.74, 6) is -0.516. The lowest BCUT2D eigenvalue weighted by Crippen LogP contribution is -2.24. The zero-order valence-corrected chi connectivity index (χ0v) is 12.4. The van der Waals surface area contributed by atoms with Crippen LogP contribution in [0, 0.1) is 6.92 Å². The maximum atomic E-state index is 12.1. The second-order valence-corrected chi connectivity index (χ2v) is 7.04. The van der Waals surface area contributed by atoms with Crippen molar-refractivity contribution in [2.24, 2.45) is 0 Å². The predicted octanol–water partition coefficient (Wildman–Crippen LogP) is 2.25. The van der Waals surface area contributed by atoms with Crippen molar-refractivity contribution < 1.29 is 17.9 Å².